The van der Waals surface area contributed by atoms with Crippen LogP contribution in [0.1, 0.15) is 43.1 Å². The normalized spacial score (nSPS) is 13.5. The average Bonchev–Trinajstić information content (AvgIpc) is 2.84. The summed E-state index contributed by atoms with van der Waals surface area (Å²) in [5, 5.41) is 7.23. The number of benzene rings is 1. The van der Waals surface area contributed by atoms with Crippen LogP contribution < -0.4 is 5.32 Å². The van der Waals surface area contributed by atoms with E-state index >= 15 is 0 Å². The van der Waals surface area contributed by atoms with Gasteiger partial charge in [-0.25, -0.2) is 4.98 Å². The first-order chi connectivity index (χ1) is 9.32. The number of hydrogen-bond acceptors (Lipinski definition) is 3. The van der Waals surface area contributed by atoms with E-state index in [0.717, 1.165) is 25.8 Å². The highest BCUT2D eigenvalue weighted by molar-refractivity contribution is 9.10. The van der Waals surface area contributed by atoms with Gasteiger partial charge in [0.25, 0.3) is 0 Å². The highest BCUT2D eigenvalue weighted by Gasteiger charge is 2.23. The fourth-order valence-corrected chi connectivity index (χ4v) is 3.69. The summed E-state index contributed by atoms with van der Waals surface area (Å²) in [4.78, 5) is 4.78. The monoisotopic (exact) mass is 372 g/mol. The molecule has 1 N–H and O–H groups in total. The van der Waals surface area contributed by atoms with Crippen LogP contribution in [0.2, 0.25) is 5.02 Å². The standard InChI is InChI=1S/C15H18BrClN2S/c1-15(2,3)12-8-20-14(19-12)13(18-4)10-7-9(16)5-6-11(10)17/h5-8,13,18H,1-4H3. The third-order valence-corrected chi connectivity index (χ3v) is 4.84. The maximum absolute atomic E-state index is 6.33. The minimum absolute atomic E-state index is 0.0149. The van der Waals surface area contributed by atoms with Gasteiger partial charge >= 0.3 is 0 Å². The Morgan fingerprint density at radius 3 is 2.60 bits per heavy atom. The summed E-state index contributed by atoms with van der Waals surface area (Å²) in [6.07, 6.45) is 0. The van der Waals surface area contributed by atoms with Crippen LogP contribution in [-0.2, 0) is 5.41 Å². The van der Waals surface area contributed by atoms with Gasteiger partial charge in [0.05, 0.1) is 11.7 Å². The molecule has 1 heterocycles. The van der Waals surface area contributed by atoms with E-state index in [1.165, 1.54) is 0 Å². The SMILES string of the molecule is CNC(c1nc(C(C)(C)C)cs1)c1cc(Br)ccc1Cl. The van der Waals surface area contributed by atoms with Crippen molar-refractivity contribution in [3.8, 4) is 0 Å². The highest BCUT2D eigenvalue weighted by atomic mass is 79.9. The van der Waals surface area contributed by atoms with Crippen molar-refractivity contribution in [2.75, 3.05) is 7.05 Å². The van der Waals surface area contributed by atoms with Gasteiger partial charge < -0.3 is 5.32 Å². The van der Waals surface area contributed by atoms with Gasteiger partial charge in [-0.15, -0.1) is 11.3 Å². The van der Waals surface area contributed by atoms with E-state index in [-0.39, 0.29) is 11.5 Å². The van der Waals surface area contributed by atoms with Crippen molar-refractivity contribution in [3.63, 3.8) is 0 Å². The number of nitrogens with one attached hydrogen (secondary N) is 1. The smallest absolute Gasteiger partial charge is 0.114 e. The summed E-state index contributed by atoms with van der Waals surface area (Å²) in [5.74, 6) is 0. The van der Waals surface area contributed by atoms with Gasteiger partial charge in [-0.05, 0) is 30.8 Å². The first kappa shape index (κ1) is 16.0. The van der Waals surface area contributed by atoms with Gasteiger partial charge in [-0.2, -0.15) is 0 Å². The van der Waals surface area contributed by atoms with Crippen molar-refractivity contribution in [1.29, 1.82) is 0 Å². The van der Waals surface area contributed by atoms with Gasteiger partial charge in [-0.1, -0.05) is 48.3 Å². The Kier molecular flexibility index (Phi) is 4.90. The van der Waals surface area contributed by atoms with Gasteiger partial charge in [0, 0.05) is 20.3 Å². The molecule has 108 valence electrons. The molecule has 0 spiro atoms. The Labute approximate surface area is 137 Å². The Morgan fingerprint density at radius 1 is 1.35 bits per heavy atom. The third kappa shape index (κ3) is 3.42. The topological polar surface area (TPSA) is 24.9 Å². The second-order valence-electron chi connectivity index (χ2n) is 5.71. The number of thiazole rings is 1. The minimum Gasteiger partial charge on any atom is -0.307 e. The lowest BCUT2D eigenvalue weighted by atomic mass is 9.93. The summed E-state index contributed by atoms with van der Waals surface area (Å²) < 4.78 is 1.02. The molecule has 0 aliphatic rings. The molecular weight excluding hydrogens is 356 g/mol. The molecule has 0 bridgehead atoms. The average molecular weight is 374 g/mol. The molecule has 0 fully saturated rings. The van der Waals surface area contributed by atoms with Crippen molar-refractivity contribution >= 4 is 38.9 Å². The van der Waals surface area contributed by atoms with Crippen LogP contribution in [0, 0.1) is 0 Å². The van der Waals surface area contributed by atoms with Crippen molar-refractivity contribution in [3.05, 3.63) is 49.3 Å². The van der Waals surface area contributed by atoms with Crippen LogP contribution in [0.4, 0.5) is 0 Å². The van der Waals surface area contributed by atoms with Crippen LogP contribution >= 0.6 is 38.9 Å². The van der Waals surface area contributed by atoms with E-state index in [9.17, 15) is 0 Å². The molecule has 20 heavy (non-hydrogen) atoms. The molecule has 2 rings (SSSR count). The molecule has 0 aliphatic heterocycles. The number of aromatic nitrogens is 1. The van der Waals surface area contributed by atoms with E-state index in [1.54, 1.807) is 11.3 Å². The zero-order chi connectivity index (χ0) is 14.9. The molecule has 1 unspecified atom stereocenters. The van der Waals surface area contributed by atoms with Crippen molar-refractivity contribution in [1.82, 2.24) is 10.3 Å². The van der Waals surface area contributed by atoms with Gasteiger partial charge in [-0.3, -0.25) is 0 Å². The van der Waals surface area contributed by atoms with Crippen LogP contribution in [0.5, 0.6) is 0 Å². The largest absolute Gasteiger partial charge is 0.307 e. The molecule has 5 heteroatoms. The fraction of sp³-hybridized carbons (Fsp3) is 0.400. The van der Waals surface area contributed by atoms with Crippen molar-refractivity contribution in [2.24, 2.45) is 0 Å². The fourth-order valence-electron chi connectivity index (χ4n) is 1.91. The molecule has 1 atom stereocenters. The number of nitrogens with zero attached hydrogens (tertiary/aromatic N) is 1. The number of halogens is 2. The molecular formula is C15H18BrClN2S. The summed E-state index contributed by atoms with van der Waals surface area (Å²) in [5.41, 5.74) is 2.22. The van der Waals surface area contributed by atoms with Crippen LogP contribution in [0.15, 0.2) is 28.1 Å². The van der Waals surface area contributed by atoms with Gasteiger partial charge in [0.1, 0.15) is 5.01 Å². The van der Waals surface area contributed by atoms with E-state index in [1.807, 2.05) is 25.2 Å². The molecule has 2 aromatic rings. The van der Waals surface area contributed by atoms with Crippen LogP contribution in [0.3, 0.4) is 0 Å². The molecule has 1 aromatic heterocycles. The maximum atomic E-state index is 6.33. The lowest BCUT2D eigenvalue weighted by Gasteiger charge is -2.17. The molecule has 0 saturated heterocycles. The second-order valence-corrected chi connectivity index (χ2v) is 7.92. The number of hydrogen-bond donors (Lipinski definition) is 1. The van der Waals surface area contributed by atoms with Crippen LogP contribution in [-0.4, -0.2) is 12.0 Å². The molecule has 0 aliphatic carbocycles. The summed E-state index contributed by atoms with van der Waals surface area (Å²) in [6, 6.07) is 5.91. The Bertz CT molecular complexity index is 604. The maximum Gasteiger partial charge on any atom is 0.114 e. The molecule has 0 saturated carbocycles. The van der Waals surface area contributed by atoms with Crippen molar-refractivity contribution < 1.29 is 0 Å². The third-order valence-electron chi connectivity index (χ3n) is 3.10. The molecule has 0 radical (unpaired) electrons. The molecule has 1 aromatic carbocycles. The first-order valence-corrected chi connectivity index (χ1v) is 8.46. The van der Waals surface area contributed by atoms with Gasteiger partial charge in [0.15, 0.2) is 0 Å². The zero-order valence-electron chi connectivity index (χ0n) is 12.0. The summed E-state index contributed by atoms with van der Waals surface area (Å²) >= 11 is 11.5. The van der Waals surface area contributed by atoms with Crippen LogP contribution in [0.25, 0.3) is 0 Å². The summed E-state index contributed by atoms with van der Waals surface area (Å²) in [6.45, 7) is 6.52. The molecule has 2 nitrogen and oxygen atoms in total. The van der Waals surface area contributed by atoms with E-state index < -0.39 is 0 Å². The van der Waals surface area contributed by atoms with Crippen molar-refractivity contribution in [2.45, 2.75) is 32.2 Å². The van der Waals surface area contributed by atoms with E-state index in [2.05, 4.69) is 47.4 Å². The van der Waals surface area contributed by atoms with E-state index in [0.29, 0.717) is 0 Å². The van der Waals surface area contributed by atoms with Gasteiger partial charge in [0.2, 0.25) is 0 Å². The summed E-state index contributed by atoms with van der Waals surface area (Å²) in [7, 11) is 1.93. The highest BCUT2D eigenvalue weighted by Crippen LogP contribution is 2.34. The Hall–Kier alpha value is -0.420. The lowest BCUT2D eigenvalue weighted by Crippen LogP contribution is -2.19. The first-order valence-electron chi connectivity index (χ1n) is 6.41. The zero-order valence-corrected chi connectivity index (χ0v) is 15.2. The number of rotatable bonds is 3. The van der Waals surface area contributed by atoms with E-state index in [4.69, 9.17) is 16.6 Å². The quantitative estimate of drug-likeness (QED) is 0.803. The molecule has 0 amide bonds. The second kappa shape index (κ2) is 6.14. The minimum atomic E-state index is 0.0149. The lowest BCUT2D eigenvalue weighted by molar-refractivity contribution is 0.566. The Balaban J connectivity index is 2.42. The predicted molar refractivity (Wildman–Crippen MR) is 90.9 cm³/mol. The Morgan fingerprint density at radius 2 is 2.05 bits per heavy atom. The predicted octanol–water partition coefficient (Wildman–Crippen LogP) is 5.17.